The first kappa shape index (κ1) is 23.3. The van der Waals surface area contributed by atoms with E-state index in [1.807, 2.05) is 0 Å². The van der Waals surface area contributed by atoms with Gasteiger partial charge in [-0.05, 0) is 84.6 Å². The maximum atomic E-state index is 11.9. The molecule has 3 fully saturated rings. The molecule has 36 heavy (non-hydrogen) atoms. The van der Waals surface area contributed by atoms with Crippen LogP contribution in [0.1, 0.15) is 24.2 Å². The average molecular weight is 519 g/mol. The van der Waals surface area contributed by atoms with Crippen LogP contribution in [0, 0.1) is 17.8 Å². The Bertz CT molecular complexity index is 1300. The molecule has 2 bridgehead atoms. The monoisotopic (exact) mass is 518 g/mol. The van der Waals surface area contributed by atoms with Crippen LogP contribution in [-0.4, -0.2) is 45.7 Å². The van der Waals surface area contributed by atoms with Gasteiger partial charge in [0.15, 0.2) is 0 Å². The third-order valence-electron chi connectivity index (χ3n) is 7.21. The van der Waals surface area contributed by atoms with Crippen molar-refractivity contribution in [1.29, 1.82) is 0 Å². The Morgan fingerprint density at radius 3 is 2.72 bits per heavy atom. The Morgan fingerprint density at radius 2 is 1.97 bits per heavy atom. The van der Waals surface area contributed by atoms with Crippen LogP contribution < -0.4 is 15.5 Å². The topological polar surface area (TPSA) is 100 Å². The van der Waals surface area contributed by atoms with Crippen molar-refractivity contribution in [1.82, 2.24) is 25.6 Å². The van der Waals surface area contributed by atoms with Crippen molar-refractivity contribution in [2.45, 2.75) is 19.4 Å². The number of rotatable bonds is 7. The molecule has 3 aliphatic rings. The van der Waals surface area contributed by atoms with E-state index in [0.717, 1.165) is 49.3 Å². The SMILES string of the molecule is O=C1NC(=O)C(=Cc2ccnc(N3C[C@H]4CC[C@@H](C3)C4CNCc3cccc(-c4ccsc4)n3)n2)S1. The molecule has 3 aromatic rings. The van der Waals surface area contributed by atoms with Crippen LogP contribution in [0.4, 0.5) is 10.7 Å². The van der Waals surface area contributed by atoms with Gasteiger partial charge in [0.25, 0.3) is 11.1 Å². The summed E-state index contributed by atoms with van der Waals surface area (Å²) in [5, 5.41) is 9.82. The second-order valence-electron chi connectivity index (χ2n) is 9.46. The van der Waals surface area contributed by atoms with Crippen molar-refractivity contribution in [3.63, 3.8) is 0 Å². The molecular weight excluding hydrogens is 492 g/mol. The number of thiophene rings is 1. The zero-order valence-electron chi connectivity index (χ0n) is 19.6. The lowest BCUT2D eigenvalue weighted by Gasteiger charge is -2.38. The fraction of sp³-hybridized carbons (Fsp3) is 0.346. The summed E-state index contributed by atoms with van der Waals surface area (Å²) in [4.78, 5) is 40.0. The number of nitrogens with zero attached hydrogens (tertiary/aromatic N) is 4. The molecule has 1 unspecified atom stereocenters. The van der Waals surface area contributed by atoms with Gasteiger partial charge in [-0.1, -0.05) is 6.07 Å². The lowest BCUT2D eigenvalue weighted by molar-refractivity contribution is -0.115. The highest BCUT2D eigenvalue weighted by molar-refractivity contribution is 8.18. The van der Waals surface area contributed by atoms with Crippen molar-refractivity contribution in [2.75, 3.05) is 24.5 Å². The van der Waals surface area contributed by atoms with Crippen LogP contribution >= 0.6 is 23.1 Å². The van der Waals surface area contributed by atoms with Crippen molar-refractivity contribution in [2.24, 2.45) is 17.8 Å². The standard InChI is InChI=1S/C26H26N6O2S2/c33-24-23(36-26(34)31-24)10-19-6-8-28-25(30-19)32-13-16-4-5-17(14-32)21(16)12-27-11-20-2-1-3-22(29-20)18-7-9-35-15-18/h1-3,6-10,15-17,21,27H,4-5,11-14H2,(H,31,33,34)/t16-,17+,21?. The van der Waals surface area contributed by atoms with Crippen LogP contribution in [-0.2, 0) is 11.3 Å². The largest absolute Gasteiger partial charge is 0.340 e. The first-order chi connectivity index (χ1) is 17.6. The fourth-order valence-electron chi connectivity index (χ4n) is 5.50. The number of anilines is 1. The zero-order chi connectivity index (χ0) is 24.5. The lowest BCUT2D eigenvalue weighted by Crippen LogP contribution is -2.45. The van der Waals surface area contributed by atoms with Gasteiger partial charge in [-0.3, -0.25) is 19.9 Å². The van der Waals surface area contributed by atoms with Gasteiger partial charge < -0.3 is 10.2 Å². The van der Waals surface area contributed by atoms with E-state index in [4.69, 9.17) is 4.98 Å². The number of hydrogen-bond donors (Lipinski definition) is 2. The molecule has 1 saturated carbocycles. The lowest BCUT2D eigenvalue weighted by atomic mass is 9.85. The summed E-state index contributed by atoms with van der Waals surface area (Å²) >= 11 is 2.59. The molecule has 0 spiro atoms. The van der Waals surface area contributed by atoms with Crippen LogP contribution in [0.15, 0.2) is 52.2 Å². The summed E-state index contributed by atoms with van der Waals surface area (Å²) in [7, 11) is 0. The minimum absolute atomic E-state index is 0.348. The number of imide groups is 1. The molecular formula is C26H26N6O2S2. The van der Waals surface area contributed by atoms with E-state index in [1.165, 1.54) is 18.4 Å². The van der Waals surface area contributed by atoms with Gasteiger partial charge in [0.05, 0.1) is 22.0 Å². The second-order valence-corrected chi connectivity index (χ2v) is 11.3. The van der Waals surface area contributed by atoms with E-state index in [1.54, 1.807) is 29.7 Å². The summed E-state index contributed by atoms with van der Waals surface area (Å²) in [6.07, 6.45) is 5.83. The van der Waals surface area contributed by atoms with Gasteiger partial charge in [0, 0.05) is 36.8 Å². The molecule has 3 atom stereocenters. The second kappa shape index (κ2) is 10.1. The Kier molecular flexibility index (Phi) is 6.56. The van der Waals surface area contributed by atoms with Crippen LogP contribution in [0.5, 0.6) is 0 Å². The van der Waals surface area contributed by atoms with Crippen LogP contribution in [0.25, 0.3) is 17.3 Å². The third-order valence-corrected chi connectivity index (χ3v) is 8.70. The molecule has 0 radical (unpaired) electrons. The number of pyridine rings is 1. The smallest absolute Gasteiger partial charge is 0.290 e. The van der Waals surface area contributed by atoms with Crippen molar-refractivity contribution >= 4 is 46.3 Å². The fourth-order valence-corrected chi connectivity index (χ4v) is 6.81. The number of amides is 2. The summed E-state index contributed by atoms with van der Waals surface area (Å²) in [6, 6.07) is 10.1. The zero-order valence-corrected chi connectivity index (χ0v) is 21.2. The average Bonchev–Trinajstić information content (AvgIpc) is 3.58. The summed E-state index contributed by atoms with van der Waals surface area (Å²) < 4.78 is 0. The van der Waals surface area contributed by atoms with E-state index in [2.05, 4.69) is 60.5 Å². The van der Waals surface area contributed by atoms with Gasteiger partial charge >= 0.3 is 0 Å². The summed E-state index contributed by atoms with van der Waals surface area (Å²) in [5.41, 5.74) is 3.91. The molecule has 5 heterocycles. The first-order valence-corrected chi connectivity index (χ1v) is 13.9. The van der Waals surface area contributed by atoms with E-state index >= 15 is 0 Å². The van der Waals surface area contributed by atoms with E-state index in [9.17, 15) is 9.59 Å². The Hall–Kier alpha value is -3.08. The number of hydrogen-bond acceptors (Lipinski definition) is 9. The van der Waals surface area contributed by atoms with E-state index in [-0.39, 0.29) is 11.1 Å². The van der Waals surface area contributed by atoms with Crippen LogP contribution in [0.3, 0.4) is 0 Å². The number of carbonyl (C=O) groups is 2. The Morgan fingerprint density at radius 1 is 1.11 bits per heavy atom. The molecule has 6 rings (SSSR count). The maximum Gasteiger partial charge on any atom is 0.290 e. The summed E-state index contributed by atoms with van der Waals surface area (Å²) in [6.45, 7) is 3.62. The molecule has 3 aromatic heterocycles. The summed E-state index contributed by atoms with van der Waals surface area (Å²) in [5.74, 6) is 2.15. The van der Waals surface area contributed by atoms with Gasteiger partial charge in [0.1, 0.15) is 0 Å². The quantitative estimate of drug-likeness (QED) is 0.450. The molecule has 2 saturated heterocycles. The molecule has 2 N–H and O–H groups in total. The normalized spacial score (nSPS) is 24.5. The number of thioether (sulfide) groups is 1. The van der Waals surface area contributed by atoms with Gasteiger partial charge in [-0.2, -0.15) is 11.3 Å². The van der Waals surface area contributed by atoms with Gasteiger partial charge in [0.2, 0.25) is 5.95 Å². The van der Waals surface area contributed by atoms with Gasteiger partial charge in [-0.25, -0.2) is 9.97 Å². The maximum absolute atomic E-state index is 11.9. The minimum atomic E-state index is -0.370. The molecule has 10 heteroatoms. The van der Waals surface area contributed by atoms with Crippen molar-refractivity contribution < 1.29 is 9.59 Å². The number of fused-ring (bicyclic) bond motifs is 2. The highest BCUT2D eigenvalue weighted by Gasteiger charge is 2.42. The number of carbonyl (C=O) groups excluding carboxylic acids is 2. The van der Waals surface area contributed by atoms with Gasteiger partial charge in [-0.15, -0.1) is 0 Å². The highest BCUT2D eigenvalue weighted by Crippen LogP contribution is 2.42. The third kappa shape index (κ3) is 4.93. The molecule has 0 aromatic carbocycles. The molecule has 8 nitrogen and oxygen atoms in total. The number of nitrogens with one attached hydrogen (secondary N) is 2. The first-order valence-electron chi connectivity index (χ1n) is 12.1. The molecule has 2 amide bonds. The minimum Gasteiger partial charge on any atom is -0.340 e. The highest BCUT2D eigenvalue weighted by atomic mass is 32.2. The number of aromatic nitrogens is 3. The van der Waals surface area contributed by atoms with Crippen molar-refractivity contribution in [3.8, 4) is 11.3 Å². The van der Waals surface area contributed by atoms with E-state index < -0.39 is 0 Å². The number of piperidine rings is 1. The van der Waals surface area contributed by atoms with Crippen molar-refractivity contribution in [3.05, 3.63) is 63.6 Å². The molecule has 2 aliphatic heterocycles. The molecule has 184 valence electrons. The molecule has 1 aliphatic carbocycles. The van der Waals surface area contributed by atoms with Crippen LogP contribution in [0.2, 0.25) is 0 Å². The predicted molar refractivity (Wildman–Crippen MR) is 142 cm³/mol. The Balaban J connectivity index is 1.07. The predicted octanol–water partition coefficient (Wildman–Crippen LogP) is 4.18. The Labute approximate surface area is 217 Å². The van der Waals surface area contributed by atoms with E-state index in [0.29, 0.717) is 34.3 Å².